The average molecular weight is 393 g/mol. The molecule has 8 heteroatoms. The monoisotopic (exact) mass is 392 g/mol. The molecule has 1 amide bonds. The predicted octanol–water partition coefficient (Wildman–Crippen LogP) is 3.45. The maximum atomic E-state index is 12.5. The van der Waals surface area contributed by atoms with Gasteiger partial charge < -0.3 is 9.73 Å². The highest BCUT2D eigenvalue weighted by molar-refractivity contribution is 7.91. The fraction of sp³-hybridized carbons (Fsp3) is 0.278. The number of nitrogens with zero attached hydrogens (tertiary/aromatic N) is 1. The third-order valence-corrected chi connectivity index (χ3v) is 7.61. The normalized spacial score (nSPS) is 12.0. The molecule has 0 saturated heterocycles. The van der Waals surface area contributed by atoms with Gasteiger partial charge in [-0.05, 0) is 24.3 Å². The summed E-state index contributed by atoms with van der Waals surface area (Å²) in [5.41, 5.74) is 0.654. The summed E-state index contributed by atoms with van der Waals surface area (Å²) in [7, 11) is -3.47. The number of sulfonamides is 1. The fourth-order valence-corrected chi connectivity index (χ4v) is 5.54. The lowest BCUT2D eigenvalue weighted by molar-refractivity contribution is 0.0925. The molecule has 3 aromatic rings. The number of para-hydroxylation sites is 1. The van der Waals surface area contributed by atoms with E-state index >= 15 is 0 Å². The van der Waals surface area contributed by atoms with Gasteiger partial charge in [0.2, 0.25) is 0 Å². The number of hydrogen-bond acceptors (Lipinski definition) is 5. The molecule has 0 saturated carbocycles. The van der Waals surface area contributed by atoms with Crippen LogP contribution in [0.1, 0.15) is 29.3 Å². The topological polar surface area (TPSA) is 79.6 Å². The Labute approximate surface area is 156 Å². The van der Waals surface area contributed by atoms with E-state index in [4.69, 9.17) is 4.42 Å². The van der Waals surface area contributed by atoms with E-state index in [0.717, 1.165) is 10.3 Å². The lowest BCUT2D eigenvalue weighted by Gasteiger charge is -2.16. The zero-order valence-electron chi connectivity index (χ0n) is 14.6. The first-order valence-corrected chi connectivity index (χ1v) is 10.6. The zero-order valence-corrected chi connectivity index (χ0v) is 16.2. The van der Waals surface area contributed by atoms with Crippen molar-refractivity contribution in [3.05, 3.63) is 53.1 Å². The van der Waals surface area contributed by atoms with Crippen LogP contribution in [0.3, 0.4) is 0 Å². The SMILES string of the molecule is CCN(CC)S(=O)(=O)c1ccc(CNC(=O)c2cc3ccccc3o2)s1. The Morgan fingerprint density at radius 1 is 1.15 bits per heavy atom. The quantitative estimate of drug-likeness (QED) is 0.668. The average Bonchev–Trinajstić information content (AvgIpc) is 3.27. The van der Waals surface area contributed by atoms with Gasteiger partial charge in [0.1, 0.15) is 9.79 Å². The molecule has 2 aromatic heterocycles. The Balaban J connectivity index is 1.69. The van der Waals surface area contributed by atoms with Crippen LogP contribution in [0, 0.1) is 0 Å². The molecule has 138 valence electrons. The summed E-state index contributed by atoms with van der Waals surface area (Å²) in [6, 6.07) is 12.4. The molecule has 3 rings (SSSR count). The van der Waals surface area contributed by atoms with Crippen LogP contribution in [-0.4, -0.2) is 31.7 Å². The van der Waals surface area contributed by atoms with Crippen molar-refractivity contribution in [3.8, 4) is 0 Å². The Hall–Kier alpha value is -2.16. The lowest BCUT2D eigenvalue weighted by Crippen LogP contribution is -2.29. The van der Waals surface area contributed by atoms with Crippen LogP contribution in [0.15, 0.2) is 51.1 Å². The fourth-order valence-electron chi connectivity index (χ4n) is 2.63. The second-order valence-corrected chi connectivity index (χ2v) is 8.97. The molecule has 0 aliphatic heterocycles. The Bertz CT molecular complexity index is 984. The van der Waals surface area contributed by atoms with Crippen LogP contribution in [0.4, 0.5) is 0 Å². The number of amides is 1. The van der Waals surface area contributed by atoms with E-state index in [2.05, 4.69) is 5.32 Å². The van der Waals surface area contributed by atoms with Crippen LogP contribution < -0.4 is 5.32 Å². The summed E-state index contributed by atoms with van der Waals surface area (Å²) >= 11 is 1.17. The third kappa shape index (κ3) is 3.67. The minimum atomic E-state index is -3.47. The maximum absolute atomic E-state index is 12.5. The van der Waals surface area contributed by atoms with E-state index in [1.165, 1.54) is 15.6 Å². The standard InChI is InChI=1S/C18H20N2O4S2/c1-3-20(4-2)26(22,23)17-10-9-14(25-17)12-19-18(21)16-11-13-7-5-6-8-15(13)24-16/h5-11H,3-4,12H2,1-2H3,(H,19,21). The van der Waals surface area contributed by atoms with Crippen LogP contribution >= 0.6 is 11.3 Å². The smallest absolute Gasteiger partial charge is 0.287 e. The van der Waals surface area contributed by atoms with Crippen molar-refractivity contribution in [2.75, 3.05) is 13.1 Å². The van der Waals surface area contributed by atoms with Crippen LogP contribution in [-0.2, 0) is 16.6 Å². The number of nitrogens with one attached hydrogen (secondary N) is 1. The van der Waals surface area contributed by atoms with E-state index in [0.29, 0.717) is 18.7 Å². The van der Waals surface area contributed by atoms with Crippen molar-refractivity contribution in [1.29, 1.82) is 0 Å². The number of carbonyl (C=O) groups excluding carboxylic acids is 1. The van der Waals surface area contributed by atoms with Gasteiger partial charge in [0.25, 0.3) is 15.9 Å². The second kappa shape index (κ2) is 7.61. The first-order chi connectivity index (χ1) is 12.5. The molecule has 6 nitrogen and oxygen atoms in total. The highest BCUT2D eigenvalue weighted by atomic mass is 32.2. The Morgan fingerprint density at radius 2 is 1.88 bits per heavy atom. The van der Waals surface area contributed by atoms with Gasteiger partial charge in [-0.1, -0.05) is 32.0 Å². The van der Waals surface area contributed by atoms with Gasteiger partial charge in [0.05, 0.1) is 6.54 Å². The van der Waals surface area contributed by atoms with Crippen molar-refractivity contribution in [2.45, 2.75) is 24.6 Å². The van der Waals surface area contributed by atoms with E-state index in [-0.39, 0.29) is 22.4 Å². The van der Waals surface area contributed by atoms with E-state index in [9.17, 15) is 13.2 Å². The molecule has 2 heterocycles. The molecule has 0 aliphatic carbocycles. The summed E-state index contributed by atoms with van der Waals surface area (Å²) in [5, 5.41) is 3.63. The molecule has 0 atom stereocenters. The van der Waals surface area contributed by atoms with Gasteiger partial charge in [-0.3, -0.25) is 4.79 Å². The van der Waals surface area contributed by atoms with Gasteiger partial charge in [0.15, 0.2) is 5.76 Å². The van der Waals surface area contributed by atoms with Gasteiger partial charge in [-0.15, -0.1) is 11.3 Å². The largest absolute Gasteiger partial charge is 0.451 e. The van der Waals surface area contributed by atoms with E-state index in [1.54, 1.807) is 24.3 Å². The molecule has 0 aliphatic rings. The number of furan rings is 1. The highest BCUT2D eigenvalue weighted by Crippen LogP contribution is 2.25. The van der Waals surface area contributed by atoms with Crippen LogP contribution in [0.25, 0.3) is 11.0 Å². The second-order valence-electron chi connectivity index (χ2n) is 5.64. The molecule has 0 spiro atoms. The van der Waals surface area contributed by atoms with Gasteiger partial charge in [0, 0.05) is 23.4 Å². The lowest BCUT2D eigenvalue weighted by atomic mass is 10.2. The summed E-state index contributed by atoms with van der Waals surface area (Å²) in [4.78, 5) is 13.0. The van der Waals surface area contributed by atoms with Crippen LogP contribution in [0.2, 0.25) is 0 Å². The van der Waals surface area contributed by atoms with Crippen molar-refractivity contribution in [1.82, 2.24) is 9.62 Å². The van der Waals surface area contributed by atoms with Crippen molar-refractivity contribution in [2.24, 2.45) is 0 Å². The highest BCUT2D eigenvalue weighted by Gasteiger charge is 2.23. The number of hydrogen-bond donors (Lipinski definition) is 1. The Morgan fingerprint density at radius 3 is 2.58 bits per heavy atom. The molecule has 1 N–H and O–H groups in total. The van der Waals surface area contributed by atoms with Gasteiger partial charge in [-0.25, -0.2) is 8.42 Å². The van der Waals surface area contributed by atoms with Gasteiger partial charge >= 0.3 is 0 Å². The van der Waals surface area contributed by atoms with Crippen LogP contribution in [0.5, 0.6) is 0 Å². The predicted molar refractivity (Wildman–Crippen MR) is 102 cm³/mol. The molecule has 0 radical (unpaired) electrons. The minimum Gasteiger partial charge on any atom is -0.451 e. The molecule has 1 aromatic carbocycles. The number of rotatable bonds is 7. The molecule has 0 fully saturated rings. The van der Waals surface area contributed by atoms with Gasteiger partial charge in [-0.2, -0.15) is 4.31 Å². The summed E-state index contributed by atoms with van der Waals surface area (Å²) in [5.74, 6) is -0.0958. The number of fused-ring (bicyclic) bond motifs is 1. The molecular weight excluding hydrogens is 372 g/mol. The van der Waals surface area contributed by atoms with Crippen molar-refractivity contribution < 1.29 is 17.6 Å². The molecule has 0 unspecified atom stereocenters. The Kier molecular flexibility index (Phi) is 5.45. The molecule has 0 bridgehead atoms. The third-order valence-electron chi connectivity index (χ3n) is 4.01. The number of carbonyl (C=O) groups is 1. The number of thiophene rings is 1. The summed E-state index contributed by atoms with van der Waals surface area (Å²) in [6.45, 7) is 4.71. The van der Waals surface area contributed by atoms with E-state index in [1.807, 2.05) is 32.0 Å². The summed E-state index contributed by atoms with van der Waals surface area (Å²) in [6.07, 6.45) is 0. The summed E-state index contributed by atoms with van der Waals surface area (Å²) < 4.78 is 32.2. The minimum absolute atomic E-state index is 0.235. The zero-order chi connectivity index (χ0) is 18.7. The van der Waals surface area contributed by atoms with Crippen molar-refractivity contribution in [3.63, 3.8) is 0 Å². The van der Waals surface area contributed by atoms with Crippen molar-refractivity contribution >= 4 is 38.2 Å². The molecular formula is C18H20N2O4S2. The first kappa shape index (κ1) is 18.6. The first-order valence-electron chi connectivity index (χ1n) is 8.31. The number of benzene rings is 1. The van der Waals surface area contributed by atoms with E-state index < -0.39 is 10.0 Å². The molecule has 26 heavy (non-hydrogen) atoms. The maximum Gasteiger partial charge on any atom is 0.287 e.